The average molecular weight is 295 g/mol. The first-order chi connectivity index (χ1) is 8.00. The van der Waals surface area contributed by atoms with Crippen molar-refractivity contribution < 1.29 is 9.90 Å². The third-order valence-electron chi connectivity index (χ3n) is 2.54. The van der Waals surface area contributed by atoms with Gasteiger partial charge in [-0.2, -0.15) is 0 Å². The maximum Gasteiger partial charge on any atom is 0.357 e. The van der Waals surface area contributed by atoms with Crippen molar-refractivity contribution in [3.63, 3.8) is 0 Å². The third-order valence-corrected chi connectivity index (χ3v) is 3.45. The molecule has 17 heavy (non-hydrogen) atoms. The van der Waals surface area contributed by atoms with Crippen LogP contribution in [0.3, 0.4) is 0 Å². The Morgan fingerprint density at radius 1 is 1.35 bits per heavy atom. The molecule has 0 bridgehead atoms. The molecule has 0 aliphatic heterocycles. The molecule has 1 heterocycles. The van der Waals surface area contributed by atoms with Crippen LogP contribution in [-0.4, -0.2) is 20.6 Å². The summed E-state index contributed by atoms with van der Waals surface area (Å²) in [5.74, 6) is -0.403. The highest BCUT2D eigenvalue weighted by Gasteiger charge is 2.18. The van der Waals surface area contributed by atoms with E-state index in [0.717, 1.165) is 11.1 Å². The molecule has 1 aromatic carbocycles. The minimum atomic E-state index is -1.04. The zero-order chi connectivity index (χ0) is 12.6. The summed E-state index contributed by atoms with van der Waals surface area (Å²) in [5, 5.41) is 8.99. The van der Waals surface area contributed by atoms with Gasteiger partial charge in [0, 0.05) is 12.6 Å². The van der Waals surface area contributed by atoms with E-state index in [1.807, 2.05) is 31.2 Å². The van der Waals surface area contributed by atoms with Crippen LogP contribution >= 0.6 is 15.9 Å². The van der Waals surface area contributed by atoms with E-state index in [0.29, 0.717) is 10.4 Å². The summed E-state index contributed by atoms with van der Waals surface area (Å²) >= 11 is 3.23. The number of imidazole rings is 1. The first-order valence-corrected chi connectivity index (χ1v) is 5.82. The van der Waals surface area contributed by atoms with Crippen molar-refractivity contribution in [2.75, 3.05) is 0 Å². The van der Waals surface area contributed by atoms with Crippen LogP contribution in [0.1, 0.15) is 16.1 Å². The molecular weight excluding hydrogens is 284 g/mol. The molecule has 4 nitrogen and oxygen atoms in total. The zero-order valence-corrected chi connectivity index (χ0v) is 11.0. The normalized spacial score (nSPS) is 10.5. The monoisotopic (exact) mass is 294 g/mol. The maximum atomic E-state index is 11.0. The molecule has 88 valence electrons. The number of carboxylic acid groups (broad SMARTS) is 1. The van der Waals surface area contributed by atoms with Crippen molar-refractivity contribution in [1.29, 1.82) is 0 Å². The van der Waals surface area contributed by atoms with Gasteiger partial charge in [-0.15, -0.1) is 0 Å². The average Bonchev–Trinajstić information content (AvgIpc) is 2.58. The summed E-state index contributed by atoms with van der Waals surface area (Å²) in [7, 11) is 1.78. The zero-order valence-electron chi connectivity index (χ0n) is 9.44. The summed E-state index contributed by atoms with van der Waals surface area (Å²) in [4.78, 5) is 15.1. The molecular formula is C12H11BrN2O2. The Labute approximate surface area is 107 Å². The van der Waals surface area contributed by atoms with Crippen LogP contribution in [0.4, 0.5) is 0 Å². The van der Waals surface area contributed by atoms with E-state index in [4.69, 9.17) is 5.11 Å². The molecule has 0 spiro atoms. The van der Waals surface area contributed by atoms with Gasteiger partial charge in [0.2, 0.25) is 0 Å². The molecule has 0 saturated heterocycles. The van der Waals surface area contributed by atoms with E-state index < -0.39 is 5.97 Å². The summed E-state index contributed by atoms with van der Waals surface area (Å²) in [6, 6.07) is 7.79. The number of rotatable bonds is 2. The fourth-order valence-corrected chi connectivity index (χ4v) is 2.00. The summed E-state index contributed by atoms with van der Waals surface area (Å²) in [6.07, 6.45) is 0. The Morgan fingerprint density at radius 2 is 1.94 bits per heavy atom. The van der Waals surface area contributed by atoms with Gasteiger partial charge in [-0.25, -0.2) is 9.78 Å². The van der Waals surface area contributed by atoms with Crippen molar-refractivity contribution >= 4 is 21.9 Å². The molecule has 0 amide bonds. The topological polar surface area (TPSA) is 55.1 Å². The van der Waals surface area contributed by atoms with Crippen LogP contribution in [0.5, 0.6) is 0 Å². The largest absolute Gasteiger partial charge is 0.476 e. The fraction of sp³-hybridized carbons (Fsp3) is 0.167. The highest BCUT2D eigenvalue weighted by Crippen LogP contribution is 2.25. The van der Waals surface area contributed by atoms with Crippen LogP contribution in [0.2, 0.25) is 0 Å². The minimum absolute atomic E-state index is 0.0306. The molecule has 2 aromatic rings. The number of benzene rings is 1. The van der Waals surface area contributed by atoms with E-state index >= 15 is 0 Å². The summed E-state index contributed by atoms with van der Waals surface area (Å²) in [6.45, 7) is 2.00. The van der Waals surface area contributed by atoms with Gasteiger partial charge >= 0.3 is 5.97 Å². The van der Waals surface area contributed by atoms with Crippen LogP contribution < -0.4 is 0 Å². The molecule has 1 N–H and O–H groups in total. The van der Waals surface area contributed by atoms with Crippen molar-refractivity contribution in [2.45, 2.75) is 6.92 Å². The van der Waals surface area contributed by atoms with Gasteiger partial charge in [0.05, 0.1) is 0 Å². The second-order valence-electron chi connectivity index (χ2n) is 3.81. The van der Waals surface area contributed by atoms with E-state index in [2.05, 4.69) is 20.9 Å². The predicted octanol–water partition coefficient (Wildman–Crippen LogP) is 2.86. The number of halogens is 1. The van der Waals surface area contributed by atoms with Gasteiger partial charge < -0.3 is 9.67 Å². The quantitative estimate of drug-likeness (QED) is 0.927. The van der Waals surface area contributed by atoms with Crippen molar-refractivity contribution in [3.05, 3.63) is 40.1 Å². The summed E-state index contributed by atoms with van der Waals surface area (Å²) < 4.78 is 2.19. The molecule has 0 fully saturated rings. The van der Waals surface area contributed by atoms with Gasteiger partial charge in [0.15, 0.2) is 5.69 Å². The first kappa shape index (κ1) is 11.9. The van der Waals surface area contributed by atoms with E-state index in [9.17, 15) is 4.79 Å². The number of aromatic carboxylic acids is 1. The molecule has 2 rings (SSSR count). The lowest BCUT2D eigenvalue weighted by Crippen LogP contribution is -1.97. The van der Waals surface area contributed by atoms with E-state index in [-0.39, 0.29) is 5.69 Å². The van der Waals surface area contributed by atoms with Gasteiger partial charge in [-0.1, -0.05) is 29.8 Å². The SMILES string of the molecule is Cc1ccc(-c2nc(C(=O)O)c(Br)n2C)cc1. The third kappa shape index (κ3) is 2.10. The molecule has 0 atom stereocenters. The van der Waals surface area contributed by atoms with Crippen molar-refractivity contribution in [3.8, 4) is 11.4 Å². The molecule has 5 heteroatoms. The van der Waals surface area contributed by atoms with Gasteiger partial charge in [0.1, 0.15) is 10.4 Å². The van der Waals surface area contributed by atoms with Gasteiger partial charge in [-0.3, -0.25) is 0 Å². The highest BCUT2D eigenvalue weighted by molar-refractivity contribution is 9.10. The van der Waals surface area contributed by atoms with Crippen LogP contribution in [0, 0.1) is 6.92 Å². The molecule has 0 aliphatic rings. The Morgan fingerprint density at radius 3 is 2.41 bits per heavy atom. The van der Waals surface area contributed by atoms with Crippen LogP contribution in [0.15, 0.2) is 28.9 Å². The first-order valence-electron chi connectivity index (χ1n) is 5.03. The lowest BCUT2D eigenvalue weighted by atomic mass is 10.1. The minimum Gasteiger partial charge on any atom is -0.476 e. The fourth-order valence-electron chi connectivity index (χ4n) is 1.58. The molecule has 0 saturated carbocycles. The Balaban J connectivity index is 2.56. The van der Waals surface area contributed by atoms with Crippen molar-refractivity contribution in [1.82, 2.24) is 9.55 Å². The van der Waals surface area contributed by atoms with Gasteiger partial charge in [-0.05, 0) is 22.9 Å². The molecule has 0 unspecified atom stereocenters. The van der Waals surface area contributed by atoms with Gasteiger partial charge in [0.25, 0.3) is 0 Å². The predicted molar refractivity (Wildman–Crippen MR) is 68.0 cm³/mol. The smallest absolute Gasteiger partial charge is 0.357 e. The Bertz CT molecular complexity index is 573. The maximum absolute atomic E-state index is 11.0. The Kier molecular flexibility index (Phi) is 3.02. The highest BCUT2D eigenvalue weighted by atomic mass is 79.9. The number of aromatic nitrogens is 2. The number of aryl methyl sites for hydroxylation is 1. The number of hydrogen-bond donors (Lipinski definition) is 1. The van der Waals surface area contributed by atoms with Crippen molar-refractivity contribution in [2.24, 2.45) is 7.05 Å². The number of nitrogens with zero attached hydrogens (tertiary/aromatic N) is 2. The number of carbonyl (C=O) groups is 1. The molecule has 0 radical (unpaired) electrons. The van der Waals surface area contributed by atoms with Crippen LogP contribution in [0.25, 0.3) is 11.4 Å². The van der Waals surface area contributed by atoms with E-state index in [1.165, 1.54) is 0 Å². The molecule has 0 aliphatic carbocycles. The van der Waals surface area contributed by atoms with E-state index in [1.54, 1.807) is 11.6 Å². The lowest BCUT2D eigenvalue weighted by Gasteiger charge is -2.02. The summed E-state index contributed by atoms with van der Waals surface area (Å²) in [5.41, 5.74) is 2.08. The molecule has 1 aromatic heterocycles. The standard InChI is InChI=1S/C12H11BrN2O2/c1-7-3-5-8(6-4-7)11-14-9(12(16)17)10(13)15(11)2/h3-6H,1-2H3,(H,16,17). The second-order valence-corrected chi connectivity index (χ2v) is 4.56. The number of hydrogen-bond acceptors (Lipinski definition) is 2. The second kappa shape index (κ2) is 4.33. The lowest BCUT2D eigenvalue weighted by molar-refractivity contribution is 0.0690. The van der Waals surface area contributed by atoms with Crippen LogP contribution in [-0.2, 0) is 7.05 Å². The Hall–Kier alpha value is -1.62. The number of carboxylic acids is 1.